The van der Waals surface area contributed by atoms with Gasteiger partial charge in [0.25, 0.3) is 0 Å². The fourth-order valence-corrected chi connectivity index (χ4v) is 1.30. The van der Waals surface area contributed by atoms with Crippen molar-refractivity contribution in [2.24, 2.45) is 0 Å². The average molecular weight is 274 g/mol. The number of aryl methyl sites for hydroxylation is 1. The van der Waals surface area contributed by atoms with Gasteiger partial charge in [0.15, 0.2) is 0 Å². The Balaban J connectivity index is 0. The van der Waals surface area contributed by atoms with Crippen LogP contribution in [0.1, 0.15) is 45.7 Å². The van der Waals surface area contributed by atoms with Gasteiger partial charge in [0.2, 0.25) is 0 Å². The summed E-state index contributed by atoms with van der Waals surface area (Å²) in [4.78, 5) is 0. The summed E-state index contributed by atoms with van der Waals surface area (Å²) in [6.45, 7) is 10.3. The summed E-state index contributed by atoms with van der Waals surface area (Å²) in [6.07, 6.45) is 1.14. The van der Waals surface area contributed by atoms with Gasteiger partial charge < -0.3 is 5.11 Å². The van der Waals surface area contributed by atoms with Crippen molar-refractivity contribution < 1.29 is 5.11 Å². The maximum Gasteiger partial charge on any atom is 0.0681 e. The normalized spacial score (nSPS) is 7.90. The zero-order chi connectivity index (χ0) is 15.6. The number of benzene rings is 2. The van der Waals surface area contributed by atoms with Crippen molar-refractivity contribution in [3.8, 4) is 0 Å². The van der Waals surface area contributed by atoms with Gasteiger partial charge in [-0.2, -0.15) is 0 Å². The minimum absolute atomic E-state index is 0.140. The molecule has 112 valence electrons. The van der Waals surface area contributed by atoms with E-state index in [1.54, 1.807) is 0 Å². The number of hydrogen-bond acceptors (Lipinski definition) is 1. The van der Waals surface area contributed by atoms with E-state index in [-0.39, 0.29) is 6.61 Å². The maximum atomic E-state index is 8.54. The van der Waals surface area contributed by atoms with E-state index < -0.39 is 0 Å². The molecule has 20 heavy (non-hydrogen) atoms. The van der Waals surface area contributed by atoms with Crippen LogP contribution in [-0.4, -0.2) is 5.11 Å². The lowest BCUT2D eigenvalue weighted by molar-refractivity contribution is 0.282. The van der Waals surface area contributed by atoms with Gasteiger partial charge in [0, 0.05) is 0 Å². The molecule has 2 aromatic carbocycles. The van der Waals surface area contributed by atoms with Gasteiger partial charge in [-0.25, -0.2) is 0 Å². The molecular formula is C19H30O. The molecule has 0 fully saturated rings. The van der Waals surface area contributed by atoms with Crippen LogP contribution in [0, 0.1) is 0 Å². The predicted octanol–water partition coefficient (Wildman–Crippen LogP) is 5.48. The first-order valence-electron chi connectivity index (χ1n) is 7.55. The maximum absolute atomic E-state index is 8.54. The quantitative estimate of drug-likeness (QED) is 0.768. The van der Waals surface area contributed by atoms with Gasteiger partial charge >= 0.3 is 0 Å². The zero-order valence-electron chi connectivity index (χ0n) is 13.6. The van der Waals surface area contributed by atoms with Crippen LogP contribution in [0.5, 0.6) is 0 Å². The summed E-state index contributed by atoms with van der Waals surface area (Å²) in [7, 11) is 0. The summed E-state index contributed by atoms with van der Waals surface area (Å²) < 4.78 is 0. The molecule has 0 aromatic heterocycles. The molecular weight excluding hydrogens is 244 g/mol. The van der Waals surface area contributed by atoms with Crippen LogP contribution in [0.25, 0.3) is 0 Å². The molecule has 0 aliphatic rings. The Bertz CT molecular complexity index is 328. The molecule has 0 aliphatic carbocycles. The van der Waals surface area contributed by atoms with Crippen molar-refractivity contribution in [3.05, 3.63) is 71.8 Å². The van der Waals surface area contributed by atoms with E-state index in [2.05, 4.69) is 31.2 Å². The van der Waals surface area contributed by atoms with Crippen molar-refractivity contribution in [1.29, 1.82) is 0 Å². The van der Waals surface area contributed by atoms with Gasteiger partial charge in [0.1, 0.15) is 0 Å². The molecule has 2 aromatic rings. The lowest BCUT2D eigenvalue weighted by Gasteiger charge is -1.89. The van der Waals surface area contributed by atoms with Crippen LogP contribution < -0.4 is 0 Å². The number of aliphatic hydroxyl groups is 1. The highest BCUT2D eigenvalue weighted by molar-refractivity contribution is 5.14. The van der Waals surface area contributed by atoms with Gasteiger partial charge in [-0.05, 0) is 17.5 Å². The van der Waals surface area contributed by atoms with Crippen molar-refractivity contribution in [1.82, 2.24) is 0 Å². The topological polar surface area (TPSA) is 20.2 Å². The first-order valence-corrected chi connectivity index (χ1v) is 7.55. The third-order valence-corrected chi connectivity index (χ3v) is 2.28. The van der Waals surface area contributed by atoms with E-state index in [4.69, 9.17) is 5.11 Å². The molecule has 0 aliphatic heterocycles. The first-order chi connectivity index (χ1) is 9.86. The lowest BCUT2D eigenvalue weighted by Crippen LogP contribution is -1.77. The van der Waals surface area contributed by atoms with Crippen LogP contribution >= 0.6 is 0 Å². The van der Waals surface area contributed by atoms with E-state index in [1.807, 2.05) is 64.1 Å². The van der Waals surface area contributed by atoms with Crippen molar-refractivity contribution in [3.63, 3.8) is 0 Å². The molecule has 1 heteroatoms. The molecule has 0 amide bonds. The average Bonchev–Trinajstić information content (AvgIpc) is 2.60. The Hall–Kier alpha value is -1.60. The minimum Gasteiger partial charge on any atom is -0.392 e. The third kappa shape index (κ3) is 11.5. The standard InChI is InChI=1S/C8H10.C7H8O.2C2H6/c1-2-8-6-4-3-5-7-8;8-6-7-4-2-1-3-5-7;2*1-2/h3-7H,2H2,1H3;1-5,8H,6H2;2*1-2H3. The Kier molecular flexibility index (Phi) is 18.0. The minimum atomic E-state index is 0.140. The lowest BCUT2D eigenvalue weighted by atomic mass is 10.2. The van der Waals surface area contributed by atoms with Crippen LogP contribution in [0.4, 0.5) is 0 Å². The number of hydrogen-bond donors (Lipinski definition) is 1. The predicted molar refractivity (Wildman–Crippen MR) is 90.9 cm³/mol. The number of rotatable bonds is 2. The fraction of sp³-hybridized carbons (Fsp3) is 0.368. The summed E-state index contributed by atoms with van der Waals surface area (Å²) >= 11 is 0. The van der Waals surface area contributed by atoms with E-state index in [0.717, 1.165) is 12.0 Å². The van der Waals surface area contributed by atoms with Gasteiger partial charge in [-0.3, -0.25) is 0 Å². The molecule has 2 rings (SSSR count). The van der Waals surface area contributed by atoms with Crippen molar-refractivity contribution in [2.75, 3.05) is 0 Å². The number of aliphatic hydroxyl groups excluding tert-OH is 1. The largest absolute Gasteiger partial charge is 0.392 e. The summed E-state index contributed by atoms with van der Waals surface area (Å²) in [6, 6.07) is 20.0. The van der Waals surface area contributed by atoms with Crippen LogP contribution in [0.3, 0.4) is 0 Å². The molecule has 0 unspecified atom stereocenters. The van der Waals surface area contributed by atoms with Gasteiger partial charge in [-0.1, -0.05) is 95.3 Å². The molecule has 0 spiro atoms. The summed E-state index contributed by atoms with van der Waals surface area (Å²) in [5.74, 6) is 0. The molecule has 0 saturated heterocycles. The van der Waals surface area contributed by atoms with Crippen molar-refractivity contribution in [2.45, 2.75) is 47.6 Å². The highest BCUT2D eigenvalue weighted by atomic mass is 16.3. The highest BCUT2D eigenvalue weighted by Gasteiger charge is 1.81. The zero-order valence-corrected chi connectivity index (χ0v) is 13.6. The molecule has 0 heterocycles. The fourth-order valence-electron chi connectivity index (χ4n) is 1.30. The van der Waals surface area contributed by atoms with Crippen molar-refractivity contribution >= 4 is 0 Å². The first kappa shape index (κ1) is 20.7. The smallest absolute Gasteiger partial charge is 0.0681 e. The molecule has 1 N–H and O–H groups in total. The molecule has 0 bridgehead atoms. The monoisotopic (exact) mass is 274 g/mol. The van der Waals surface area contributed by atoms with Crippen LogP contribution in [0.2, 0.25) is 0 Å². The van der Waals surface area contributed by atoms with E-state index in [0.29, 0.717) is 0 Å². The summed E-state index contributed by atoms with van der Waals surface area (Å²) in [5, 5.41) is 8.54. The van der Waals surface area contributed by atoms with E-state index in [9.17, 15) is 0 Å². The molecule has 1 nitrogen and oxygen atoms in total. The third-order valence-electron chi connectivity index (χ3n) is 2.28. The van der Waals surface area contributed by atoms with E-state index in [1.165, 1.54) is 5.56 Å². The summed E-state index contributed by atoms with van der Waals surface area (Å²) in [5.41, 5.74) is 2.38. The molecule has 0 radical (unpaired) electrons. The Morgan fingerprint density at radius 3 is 1.20 bits per heavy atom. The van der Waals surface area contributed by atoms with Crippen LogP contribution in [0.15, 0.2) is 60.7 Å². The van der Waals surface area contributed by atoms with Gasteiger partial charge in [-0.15, -0.1) is 0 Å². The second-order valence-electron chi connectivity index (χ2n) is 3.48. The Morgan fingerprint density at radius 1 is 0.650 bits per heavy atom. The van der Waals surface area contributed by atoms with Crippen LogP contribution in [-0.2, 0) is 13.0 Å². The Labute approximate surface area is 125 Å². The second kappa shape index (κ2) is 17.4. The Morgan fingerprint density at radius 2 is 1.00 bits per heavy atom. The second-order valence-corrected chi connectivity index (χ2v) is 3.48. The molecule has 0 atom stereocenters. The van der Waals surface area contributed by atoms with E-state index >= 15 is 0 Å². The SMILES string of the molecule is CC.CC.CCc1ccccc1.OCc1ccccc1. The molecule has 0 saturated carbocycles. The highest BCUT2D eigenvalue weighted by Crippen LogP contribution is 1.97. The van der Waals surface area contributed by atoms with Gasteiger partial charge in [0.05, 0.1) is 6.61 Å².